The van der Waals surface area contributed by atoms with E-state index in [0.29, 0.717) is 13.1 Å². The molecular formula is C16H14FNO2. The van der Waals surface area contributed by atoms with Crippen molar-refractivity contribution in [1.29, 1.82) is 0 Å². The molecule has 0 unspecified atom stereocenters. The molecule has 0 fully saturated rings. The number of carbonyl (C=O) groups excluding carboxylic acids is 1. The molecular weight excluding hydrogens is 257 g/mol. The van der Waals surface area contributed by atoms with Crippen LogP contribution in [0.5, 0.6) is 5.75 Å². The molecule has 2 aromatic carbocycles. The molecule has 0 atom stereocenters. The van der Waals surface area contributed by atoms with Crippen LogP contribution >= 0.6 is 0 Å². The van der Waals surface area contributed by atoms with Gasteiger partial charge >= 0.3 is 0 Å². The fraction of sp³-hybridized carbons (Fsp3) is 0.188. The molecule has 0 saturated heterocycles. The minimum Gasteiger partial charge on any atom is -0.505 e. The molecule has 2 aromatic rings. The number of phenolic OH excluding ortho intramolecular Hbond substituents is 1. The Hall–Kier alpha value is -2.36. The number of amides is 1. The number of carbonyl (C=O) groups is 1. The summed E-state index contributed by atoms with van der Waals surface area (Å²) in [7, 11) is 0. The Morgan fingerprint density at radius 3 is 2.65 bits per heavy atom. The van der Waals surface area contributed by atoms with Gasteiger partial charge in [-0.1, -0.05) is 24.3 Å². The molecule has 3 rings (SSSR count). The molecule has 0 spiro atoms. The first-order valence-electron chi connectivity index (χ1n) is 6.50. The lowest BCUT2D eigenvalue weighted by atomic mass is 9.99. The first-order chi connectivity index (χ1) is 9.65. The maximum absolute atomic E-state index is 13.3. The van der Waals surface area contributed by atoms with Gasteiger partial charge in [0.15, 0.2) is 11.6 Å². The van der Waals surface area contributed by atoms with Crippen LogP contribution in [-0.2, 0) is 13.0 Å². The van der Waals surface area contributed by atoms with E-state index >= 15 is 0 Å². The Morgan fingerprint density at radius 2 is 1.90 bits per heavy atom. The predicted molar refractivity (Wildman–Crippen MR) is 73.0 cm³/mol. The number of nitrogens with zero attached hydrogens (tertiary/aromatic N) is 1. The molecule has 4 heteroatoms. The Balaban J connectivity index is 1.84. The molecule has 1 aliphatic heterocycles. The summed E-state index contributed by atoms with van der Waals surface area (Å²) in [6.07, 6.45) is 0.808. The predicted octanol–water partition coefficient (Wildman–Crippen LogP) is 2.73. The van der Waals surface area contributed by atoms with E-state index in [2.05, 4.69) is 6.07 Å². The van der Waals surface area contributed by atoms with Gasteiger partial charge in [0.1, 0.15) is 0 Å². The molecule has 0 saturated carbocycles. The highest BCUT2D eigenvalue weighted by Crippen LogP contribution is 2.22. The fourth-order valence-electron chi connectivity index (χ4n) is 2.49. The highest BCUT2D eigenvalue weighted by molar-refractivity contribution is 5.94. The molecule has 0 aliphatic carbocycles. The van der Waals surface area contributed by atoms with E-state index in [1.54, 1.807) is 4.90 Å². The second kappa shape index (κ2) is 4.96. The largest absolute Gasteiger partial charge is 0.505 e. The molecule has 0 aromatic heterocycles. The van der Waals surface area contributed by atoms with Crippen molar-refractivity contribution in [2.45, 2.75) is 13.0 Å². The van der Waals surface area contributed by atoms with Crippen molar-refractivity contribution in [3.8, 4) is 5.75 Å². The van der Waals surface area contributed by atoms with Crippen molar-refractivity contribution < 1.29 is 14.3 Å². The number of fused-ring (bicyclic) bond motifs is 1. The van der Waals surface area contributed by atoms with Gasteiger partial charge in [0.05, 0.1) is 0 Å². The summed E-state index contributed by atoms with van der Waals surface area (Å²) in [5, 5.41) is 9.17. The van der Waals surface area contributed by atoms with Crippen LogP contribution in [0.25, 0.3) is 0 Å². The van der Waals surface area contributed by atoms with Crippen molar-refractivity contribution >= 4 is 5.91 Å². The van der Waals surface area contributed by atoms with Crippen LogP contribution < -0.4 is 0 Å². The molecule has 20 heavy (non-hydrogen) atoms. The summed E-state index contributed by atoms with van der Waals surface area (Å²) < 4.78 is 13.3. The van der Waals surface area contributed by atoms with Crippen LogP contribution in [0.15, 0.2) is 42.5 Å². The van der Waals surface area contributed by atoms with Gasteiger partial charge in [-0.3, -0.25) is 4.79 Å². The molecule has 1 aliphatic rings. The summed E-state index contributed by atoms with van der Waals surface area (Å²) in [6.45, 7) is 1.16. The van der Waals surface area contributed by atoms with E-state index < -0.39 is 11.6 Å². The van der Waals surface area contributed by atoms with Gasteiger partial charge in [-0.05, 0) is 35.7 Å². The number of rotatable bonds is 1. The van der Waals surface area contributed by atoms with Crippen molar-refractivity contribution in [3.63, 3.8) is 0 Å². The molecule has 102 valence electrons. The van der Waals surface area contributed by atoms with Gasteiger partial charge in [-0.2, -0.15) is 0 Å². The van der Waals surface area contributed by atoms with Gasteiger partial charge in [-0.15, -0.1) is 0 Å². The standard InChI is InChI=1S/C16H14FNO2/c17-14-9-12(5-6-15(14)19)16(20)18-8-7-11-3-1-2-4-13(11)10-18/h1-6,9,19H,7-8,10H2. The van der Waals surface area contributed by atoms with Crippen LogP contribution in [0, 0.1) is 5.82 Å². The number of halogens is 1. The first-order valence-corrected chi connectivity index (χ1v) is 6.50. The first kappa shape index (κ1) is 12.7. The summed E-state index contributed by atoms with van der Waals surface area (Å²) in [5.41, 5.74) is 2.65. The van der Waals surface area contributed by atoms with Gasteiger partial charge in [0.2, 0.25) is 0 Å². The lowest BCUT2D eigenvalue weighted by Crippen LogP contribution is -2.35. The van der Waals surface area contributed by atoms with Gasteiger partial charge in [-0.25, -0.2) is 4.39 Å². The van der Waals surface area contributed by atoms with E-state index in [4.69, 9.17) is 5.11 Å². The average molecular weight is 271 g/mol. The summed E-state index contributed by atoms with van der Waals surface area (Å²) >= 11 is 0. The minimum absolute atomic E-state index is 0.210. The zero-order valence-electron chi connectivity index (χ0n) is 10.8. The number of hydrogen-bond acceptors (Lipinski definition) is 2. The third-order valence-electron chi connectivity index (χ3n) is 3.61. The normalized spacial score (nSPS) is 13.9. The highest BCUT2D eigenvalue weighted by atomic mass is 19.1. The Bertz CT molecular complexity index is 669. The van der Waals surface area contributed by atoms with Crippen LogP contribution in [-0.4, -0.2) is 22.5 Å². The van der Waals surface area contributed by atoms with Crippen molar-refractivity contribution in [2.24, 2.45) is 0 Å². The average Bonchev–Trinajstić information content (AvgIpc) is 2.49. The fourth-order valence-corrected chi connectivity index (χ4v) is 2.49. The molecule has 1 heterocycles. The van der Waals surface area contributed by atoms with E-state index in [-0.39, 0.29) is 11.5 Å². The second-order valence-electron chi connectivity index (χ2n) is 4.91. The smallest absolute Gasteiger partial charge is 0.254 e. The van der Waals surface area contributed by atoms with E-state index in [1.807, 2.05) is 18.2 Å². The SMILES string of the molecule is O=C(c1ccc(O)c(F)c1)N1CCc2ccccc2C1. The van der Waals surface area contributed by atoms with Crippen LogP contribution in [0.1, 0.15) is 21.5 Å². The van der Waals surface area contributed by atoms with Crippen molar-refractivity contribution in [2.75, 3.05) is 6.54 Å². The molecule has 0 radical (unpaired) electrons. The van der Waals surface area contributed by atoms with Crippen LogP contribution in [0.2, 0.25) is 0 Å². The number of phenols is 1. The zero-order chi connectivity index (χ0) is 14.1. The minimum atomic E-state index is -0.770. The van der Waals surface area contributed by atoms with Crippen molar-refractivity contribution in [1.82, 2.24) is 4.90 Å². The number of hydrogen-bond donors (Lipinski definition) is 1. The maximum atomic E-state index is 13.3. The molecule has 1 N–H and O–H groups in total. The summed E-state index contributed by atoms with van der Waals surface area (Å²) in [5.74, 6) is -1.42. The topological polar surface area (TPSA) is 40.5 Å². The Labute approximate surface area is 116 Å². The Kier molecular flexibility index (Phi) is 3.14. The molecule has 0 bridgehead atoms. The summed E-state index contributed by atoms with van der Waals surface area (Å²) in [6, 6.07) is 11.8. The van der Waals surface area contributed by atoms with Crippen LogP contribution in [0.4, 0.5) is 4.39 Å². The number of aromatic hydroxyl groups is 1. The second-order valence-corrected chi connectivity index (χ2v) is 4.91. The van der Waals surface area contributed by atoms with Crippen LogP contribution in [0.3, 0.4) is 0 Å². The van der Waals surface area contributed by atoms with Gasteiger partial charge in [0.25, 0.3) is 5.91 Å². The lowest BCUT2D eigenvalue weighted by molar-refractivity contribution is 0.0734. The van der Waals surface area contributed by atoms with Gasteiger partial charge < -0.3 is 10.0 Å². The van der Waals surface area contributed by atoms with Crippen molar-refractivity contribution in [3.05, 3.63) is 65.0 Å². The van der Waals surface area contributed by atoms with E-state index in [1.165, 1.54) is 17.7 Å². The monoisotopic (exact) mass is 271 g/mol. The molecule has 1 amide bonds. The summed E-state index contributed by atoms with van der Waals surface area (Å²) in [4.78, 5) is 14.1. The Morgan fingerprint density at radius 1 is 1.15 bits per heavy atom. The van der Waals surface area contributed by atoms with E-state index in [9.17, 15) is 9.18 Å². The third-order valence-corrected chi connectivity index (χ3v) is 3.61. The maximum Gasteiger partial charge on any atom is 0.254 e. The molecule has 3 nitrogen and oxygen atoms in total. The highest BCUT2D eigenvalue weighted by Gasteiger charge is 2.22. The van der Waals surface area contributed by atoms with Gasteiger partial charge in [0, 0.05) is 18.7 Å². The quantitative estimate of drug-likeness (QED) is 0.866. The third kappa shape index (κ3) is 2.25. The van der Waals surface area contributed by atoms with E-state index in [0.717, 1.165) is 18.1 Å². The lowest BCUT2D eigenvalue weighted by Gasteiger charge is -2.29. The zero-order valence-corrected chi connectivity index (χ0v) is 10.8. The number of benzene rings is 2.